The van der Waals surface area contributed by atoms with Gasteiger partial charge >= 0.3 is 0 Å². The second kappa shape index (κ2) is 14.1. The van der Waals surface area contributed by atoms with E-state index in [-0.39, 0.29) is 17.6 Å². The number of sulfone groups is 1. The van der Waals surface area contributed by atoms with Crippen molar-refractivity contribution in [1.82, 2.24) is 0 Å². The van der Waals surface area contributed by atoms with Crippen molar-refractivity contribution in [3.63, 3.8) is 0 Å². The molecule has 1 aliphatic heterocycles. The third kappa shape index (κ3) is 13.9. The first-order valence-corrected chi connectivity index (χ1v) is 9.46. The van der Waals surface area contributed by atoms with Gasteiger partial charge < -0.3 is 5.11 Å². The van der Waals surface area contributed by atoms with Crippen LogP contribution < -0.4 is 0 Å². The summed E-state index contributed by atoms with van der Waals surface area (Å²) in [5, 5.41) is 8.88. The van der Waals surface area contributed by atoms with Gasteiger partial charge in [0.15, 0.2) is 9.84 Å². The van der Waals surface area contributed by atoms with Crippen LogP contribution in [0.15, 0.2) is 12.2 Å². The van der Waals surface area contributed by atoms with E-state index < -0.39 is 9.84 Å². The molecular weight excluding hydrogens is 260 g/mol. The van der Waals surface area contributed by atoms with Gasteiger partial charge in [0.1, 0.15) is 0 Å². The van der Waals surface area contributed by atoms with E-state index >= 15 is 0 Å². The molecule has 1 N–H and O–H groups in total. The quantitative estimate of drug-likeness (QED) is 0.692. The van der Waals surface area contributed by atoms with E-state index in [1.807, 2.05) is 27.7 Å². The Balaban J connectivity index is 0. The van der Waals surface area contributed by atoms with Crippen LogP contribution in [0.25, 0.3) is 0 Å². The molecule has 19 heavy (non-hydrogen) atoms. The highest BCUT2D eigenvalue weighted by Crippen LogP contribution is 2.10. The number of hydrogen-bond acceptors (Lipinski definition) is 3. The number of rotatable bonds is 0. The molecule has 1 heterocycles. The standard InChI is InChI=1S/C6H10.C5H10O3S.2C2H6/c1-2-4-6-5-3-1;6-5-1-3-9(7,8)4-2-5;2*1-2/h1-2H,3-6H2;5-6H,1-4H2;2*1-2H3. The van der Waals surface area contributed by atoms with Gasteiger partial charge in [-0.25, -0.2) is 8.42 Å². The van der Waals surface area contributed by atoms with Gasteiger partial charge in [0.05, 0.1) is 17.6 Å². The zero-order valence-corrected chi connectivity index (χ0v) is 13.9. The summed E-state index contributed by atoms with van der Waals surface area (Å²) in [7, 11) is -2.78. The fourth-order valence-electron chi connectivity index (χ4n) is 1.64. The highest BCUT2D eigenvalue weighted by atomic mass is 32.2. The molecule has 0 aromatic carbocycles. The molecule has 0 aromatic rings. The van der Waals surface area contributed by atoms with E-state index in [0.717, 1.165) is 0 Å². The highest BCUT2D eigenvalue weighted by Gasteiger charge is 2.21. The first-order valence-electron chi connectivity index (χ1n) is 7.64. The highest BCUT2D eigenvalue weighted by molar-refractivity contribution is 7.91. The third-order valence-corrected chi connectivity index (χ3v) is 4.40. The van der Waals surface area contributed by atoms with Crippen molar-refractivity contribution in [2.24, 2.45) is 0 Å². The van der Waals surface area contributed by atoms with Crippen molar-refractivity contribution in [3.05, 3.63) is 12.2 Å². The SMILES string of the molecule is C1=CCCCC1.CC.CC.O=S1(=O)CCC(O)CC1. The van der Waals surface area contributed by atoms with Crippen LogP contribution in [-0.2, 0) is 9.84 Å². The third-order valence-electron chi connectivity index (χ3n) is 2.68. The Hall–Kier alpha value is -0.350. The first-order chi connectivity index (χ1) is 9.10. The molecule has 0 radical (unpaired) electrons. The van der Waals surface area contributed by atoms with Crippen LogP contribution in [0.4, 0.5) is 0 Å². The summed E-state index contributed by atoms with van der Waals surface area (Å²) < 4.78 is 21.4. The molecule has 2 aliphatic rings. The lowest BCUT2D eigenvalue weighted by molar-refractivity contribution is 0.163. The largest absolute Gasteiger partial charge is 0.393 e. The average molecular weight is 292 g/mol. The summed E-state index contributed by atoms with van der Waals surface area (Å²) in [6.45, 7) is 8.00. The molecular formula is C15H32O3S. The van der Waals surface area contributed by atoms with Crippen molar-refractivity contribution in [2.75, 3.05) is 11.5 Å². The molecule has 0 bridgehead atoms. The fraction of sp³-hybridized carbons (Fsp3) is 0.867. The molecule has 0 atom stereocenters. The minimum absolute atomic E-state index is 0.161. The number of aliphatic hydroxyl groups excluding tert-OH is 1. The predicted molar refractivity (Wildman–Crippen MR) is 84.2 cm³/mol. The molecule has 4 heteroatoms. The molecule has 1 aliphatic carbocycles. The second-order valence-corrected chi connectivity index (χ2v) is 6.44. The topological polar surface area (TPSA) is 54.4 Å². The Morgan fingerprint density at radius 1 is 0.895 bits per heavy atom. The summed E-state index contributed by atoms with van der Waals surface area (Å²) in [6, 6.07) is 0. The van der Waals surface area contributed by atoms with E-state index in [1.165, 1.54) is 25.7 Å². The van der Waals surface area contributed by atoms with Gasteiger partial charge in [-0.1, -0.05) is 39.8 Å². The monoisotopic (exact) mass is 292 g/mol. The Bertz CT molecular complexity index is 273. The maximum Gasteiger partial charge on any atom is 0.150 e. The lowest BCUT2D eigenvalue weighted by atomic mass is 10.1. The minimum atomic E-state index is -2.78. The number of aliphatic hydroxyl groups is 1. The zero-order chi connectivity index (χ0) is 15.1. The van der Waals surface area contributed by atoms with Crippen molar-refractivity contribution in [1.29, 1.82) is 0 Å². The lowest BCUT2D eigenvalue weighted by Gasteiger charge is -2.15. The normalized spacial score (nSPS) is 20.7. The molecule has 116 valence electrons. The van der Waals surface area contributed by atoms with E-state index in [4.69, 9.17) is 5.11 Å². The summed E-state index contributed by atoms with van der Waals surface area (Å²) >= 11 is 0. The molecule has 0 saturated carbocycles. The molecule has 3 nitrogen and oxygen atoms in total. The van der Waals surface area contributed by atoms with Crippen LogP contribution >= 0.6 is 0 Å². The van der Waals surface area contributed by atoms with Crippen molar-refractivity contribution >= 4 is 9.84 Å². The summed E-state index contributed by atoms with van der Waals surface area (Å²) in [5.74, 6) is 0.322. The van der Waals surface area contributed by atoms with E-state index in [2.05, 4.69) is 12.2 Å². The predicted octanol–water partition coefficient (Wildman–Crippen LogP) is 3.72. The van der Waals surface area contributed by atoms with Crippen LogP contribution in [0.5, 0.6) is 0 Å². The minimum Gasteiger partial charge on any atom is -0.393 e. The molecule has 1 fully saturated rings. The molecule has 0 aromatic heterocycles. The van der Waals surface area contributed by atoms with Crippen molar-refractivity contribution < 1.29 is 13.5 Å². The Kier molecular flexibility index (Phi) is 15.5. The van der Waals surface area contributed by atoms with Gasteiger partial charge in [-0.2, -0.15) is 0 Å². The summed E-state index contributed by atoms with van der Waals surface area (Å²) in [5.41, 5.74) is 0. The van der Waals surface area contributed by atoms with Crippen molar-refractivity contribution in [3.8, 4) is 0 Å². The Labute approximate surface area is 120 Å². The van der Waals surface area contributed by atoms with Crippen molar-refractivity contribution in [2.45, 2.75) is 72.3 Å². The molecule has 1 saturated heterocycles. The smallest absolute Gasteiger partial charge is 0.150 e. The van der Waals surface area contributed by atoms with E-state index in [0.29, 0.717) is 12.8 Å². The number of allylic oxidation sites excluding steroid dienone is 2. The molecule has 0 unspecified atom stereocenters. The second-order valence-electron chi connectivity index (χ2n) is 4.14. The van der Waals surface area contributed by atoms with E-state index in [1.54, 1.807) is 0 Å². The van der Waals surface area contributed by atoms with Gasteiger partial charge in [-0.15, -0.1) is 0 Å². The maximum atomic E-state index is 10.7. The lowest BCUT2D eigenvalue weighted by Crippen LogP contribution is -2.26. The van der Waals surface area contributed by atoms with Gasteiger partial charge in [0, 0.05) is 0 Å². The maximum absolute atomic E-state index is 10.7. The molecule has 2 rings (SSSR count). The van der Waals surface area contributed by atoms with E-state index in [9.17, 15) is 8.42 Å². The molecule has 0 amide bonds. The number of hydrogen-bond donors (Lipinski definition) is 1. The van der Waals surface area contributed by atoms with Gasteiger partial charge in [-0.05, 0) is 38.5 Å². The first kappa shape index (κ1) is 21.0. The summed E-state index contributed by atoms with van der Waals surface area (Å²) in [6.07, 6.45) is 10.5. The van der Waals surface area contributed by atoms with Gasteiger partial charge in [0.2, 0.25) is 0 Å². The van der Waals surface area contributed by atoms with Gasteiger partial charge in [-0.3, -0.25) is 0 Å². The molecule has 0 spiro atoms. The van der Waals surface area contributed by atoms with Crippen LogP contribution in [0.1, 0.15) is 66.2 Å². The Morgan fingerprint density at radius 3 is 1.47 bits per heavy atom. The summed E-state index contributed by atoms with van der Waals surface area (Å²) in [4.78, 5) is 0. The fourth-order valence-corrected chi connectivity index (χ4v) is 3.10. The van der Waals surface area contributed by atoms with Crippen LogP contribution in [0.2, 0.25) is 0 Å². The van der Waals surface area contributed by atoms with Crippen LogP contribution in [0.3, 0.4) is 0 Å². The van der Waals surface area contributed by atoms with Crippen LogP contribution in [0, 0.1) is 0 Å². The van der Waals surface area contributed by atoms with Crippen LogP contribution in [-0.4, -0.2) is 31.1 Å². The van der Waals surface area contributed by atoms with Gasteiger partial charge in [0.25, 0.3) is 0 Å². The Morgan fingerprint density at radius 2 is 1.26 bits per heavy atom. The zero-order valence-electron chi connectivity index (χ0n) is 13.1. The average Bonchev–Trinajstić information content (AvgIpc) is 2.49.